The molecule has 1 N–H and O–H groups in total. The number of aryl methyl sites for hydroxylation is 1. The lowest BCUT2D eigenvalue weighted by Gasteiger charge is -2.15. The zero-order valence-corrected chi connectivity index (χ0v) is 13.7. The van der Waals surface area contributed by atoms with Crippen molar-refractivity contribution in [3.8, 4) is 5.75 Å². The van der Waals surface area contributed by atoms with Gasteiger partial charge < -0.3 is 10.1 Å². The van der Waals surface area contributed by atoms with Crippen molar-refractivity contribution in [3.63, 3.8) is 0 Å². The van der Waals surface area contributed by atoms with Gasteiger partial charge in [-0.2, -0.15) is 0 Å². The number of ether oxygens (including phenoxy) is 1. The van der Waals surface area contributed by atoms with Gasteiger partial charge in [0.05, 0.1) is 10.7 Å². The summed E-state index contributed by atoms with van der Waals surface area (Å²) in [6, 6.07) is 3.96. The van der Waals surface area contributed by atoms with Crippen molar-refractivity contribution in [2.75, 3.05) is 12.4 Å². The third kappa shape index (κ3) is 2.92. The van der Waals surface area contributed by atoms with Gasteiger partial charge >= 0.3 is 0 Å². The highest BCUT2D eigenvalue weighted by atomic mass is 127. The Labute approximate surface area is 130 Å². The molecule has 0 aliphatic carbocycles. The van der Waals surface area contributed by atoms with Crippen molar-refractivity contribution >= 4 is 45.7 Å². The Hall–Kier alpha value is -1.08. The minimum atomic E-state index is 0.441. The van der Waals surface area contributed by atoms with E-state index in [1.807, 2.05) is 26.0 Å². The summed E-state index contributed by atoms with van der Waals surface area (Å²) in [5, 5.41) is 3.74. The van der Waals surface area contributed by atoms with E-state index in [-0.39, 0.29) is 0 Å². The van der Waals surface area contributed by atoms with Crippen molar-refractivity contribution in [2.24, 2.45) is 0 Å². The van der Waals surface area contributed by atoms with Crippen molar-refractivity contribution in [1.29, 1.82) is 0 Å². The molecule has 0 saturated carbocycles. The Morgan fingerprint density at radius 3 is 2.68 bits per heavy atom. The highest BCUT2D eigenvalue weighted by Crippen LogP contribution is 2.32. The number of hydrogen-bond donors (Lipinski definition) is 1. The number of benzene rings is 1. The van der Waals surface area contributed by atoms with Crippen LogP contribution in [0.5, 0.6) is 5.75 Å². The van der Waals surface area contributed by atoms with Crippen molar-refractivity contribution in [1.82, 2.24) is 9.97 Å². The van der Waals surface area contributed by atoms with E-state index >= 15 is 0 Å². The Bertz CT molecular complexity index is 619. The maximum Gasteiger partial charge on any atom is 0.148 e. The molecule has 0 unspecified atom stereocenters. The molecule has 6 heteroatoms. The largest absolute Gasteiger partial charge is 0.496 e. The standard InChI is InChI=1S/C13H13ClIN3O/c1-7-4-5-9(19-3)8(2)11(7)18-13-10(15)12(14)16-6-17-13/h4-6H,1-3H3,(H,16,17,18). The van der Waals surface area contributed by atoms with Gasteiger partial charge in [-0.25, -0.2) is 9.97 Å². The fraction of sp³-hybridized carbons (Fsp3) is 0.231. The highest BCUT2D eigenvalue weighted by molar-refractivity contribution is 14.1. The Morgan fingerprint density at radius 2 is 2.00 bits per heavy atom. The normalized spacial score (nSPS) is 10.4. The first-order valence-corrected chi connectivity index (χ1v) is 7.07. The fourth-order valence-electron chi connectivity index (χ4n) is 1.80. The van der Waals surface area contributed by atoms with E-state index in [1.54, 1.807) is 7.11 Å². The second kappa shape index (κ2) is 5.92. The van der Waals surface area contributed by atoms with E-state index < -0.39 is 0 Å². The molecule has 0 aliphatic rings. The van der Waals surface area contributed by atoms with Crippen LogP contribution in [0.3, 0.4) is 0 Å². The molecule has 1 aromatic carbocycles. The molecule has 1 aromatic heterocycles. The van der Waals surface area contributed by atoms with Gasteiger partial charge in [0.15, 0.2) is 0 Å². The molecule has 1 heterocycles. The summed E-state index contributed by atoms with van der Waals surface area (Å²) in [4.78, 5) is 8.16. The third-order valence-corrected chi connectivity index (χ3v) is 4.46. The molecule has 0 aliphatic heterocycles. The molecule has 2 aromatic rings. The lowest BCUT2D eigenvalue weighted by Crippen LogP contribution is -2.02. The molecular weight excluding hydrogens is 377 g/mol. The first-order chi connectivity index (χ1) is 9.04. The fourth-order valence-corrected chi connectivity index (χ4v) is 2.34. The number of methoxy groups -OCH3 is 1. The highest BCUT2D eigenvalue weighted by Gasteiger charge is 2.12. The smallest absolute Gasteiger partial charge is 0.148 e. The maximum absolute atomic E-state index is 5.99. The second-order valence-corrected chi connectivity index (χ2v) is 5.47. The number of aromatic nitrogens is 2. The van der Waals surface area contributed by atoms with E-state index in [4.69, 9.17) is 16.3 Å². The summed E-state index contributed by atoms with van der Waals surface area (Å²) in [5.74, 6) is 1.53. The summed E-state index contributed by atoms with van der Waals surface area (Å²) >= 11 is 8.12. The van der Waals surface area contributed by atoms with E-state index in [9.17, 15) is 0 Å². The van der Waals surface area contributed by atoms with Crippen LogP contribution in [0.1, 0.15) is 11.1 Å². The van der Waals surface area contributed by atoms with E-state index in [2.05, 4.69) is 37.9 Å². The molecule has 0 saturated heterocycles. The van der Waals surface area contributed by atoms with Crippen LogP contribution >= 0.6 is 34.2 Å². The summed E-state index contributed by atoms with van der Waals surface area (Å²) in [6.45, 7) is 4.04. The van der Waals surface area contributed by atoms with Crippen LogP contribution in [-0.2, 0) is 0 Å². The number of rotatable bonds is 3. The van der Waals surface area contributed by atoms with Crippen LogP contribution in [0.4, 0.5) is 11.5 Å². The van der Waals surface area contributed by atoms with Gasteiger partial charge in [0, 0.05) is 11.3 Å². The van der Waals surface area contributed by atoms with Crippen molar-refractivity contribution in [3.05, 3.63) is 38.3 Å². The molecule has 0 bridgehead atoms. The molecule has 0 spiro atoms. The summed E-state index contributed by atoms with van der Waals surface area (Å²) in [6.07, 6.45) is 1.44. The van der Waals surface area contributed by atoms with Crippen LogP contribution < -0.4 is 10.1 Å². The van der Waals surface area contributed by atoms with Gasteiger partial charge in [0.1, 0.15) is 23.0 Å². The number of hydrogen-bond acceptors (Lipinski definition) is 4. The van der Waals surface area contributed by atoms with E-state index in [0.717, 1.165) is 26.1 Å². The quantitative estimate of drug-likeness (QED) is 0.634. The first kappa shape index (κ1) is 14.3. The number of nitrogens with one attached hydrogen (secondary N) is 1. The Balaban J connectivity index is 2.46. The molecular formula is C13H13ClIN3O. The van der Waals surface area contributed by atoms with Crippen LogP contribution in [-0.4, -0.2) is 17.1 Å². The predicted octanol–water partition coefficient (Wildman–Crippen LogP) is 4.10. The minimum absolute atomic E-state index is 0.441. The summed E-state index contributed by atoms with van der Waals surface area (Å²) in [7, 11) is 1.66. The van der Waals surface area contributed by atoms with Gasteiger partial charge in [-0.15, -0.1) is 0 Å². The lowest BCUT2D eigenvalue weighted by atomic mass is 10.1. The zero-order chi connectivity index (χ0) is 14.0. The lowest BCUT2D eigenvalue weighted by molar-refractivity contribution is 0.412. The van der Waals surface area contributed by atoms with Gasteiger partial charge in [-0.1, -0.05) is 17.7 Å². The van der Waals surface area contributed by atoms with Crippen LogP contribution in [0.2, 0.25) is 5.15 Å². The van der Waals surface area contributed by atoms with E-state index in [0.29, 0.717) is 11.0 Å². The van der Waals surface area contributed by atoms with Crippen molar-refractivity contribution in [2.45, 2.75) is 13.8 Å². The Kier molecular flexibility index (Phi) is 4.46. The molecule has 0 radical (unpaired) electrons. The molecule has 2 rings (SSSR count). The first-order valence-electron chi connectivity index (χ1n) is 5.61. The van der Waals surface area contributed by atoms with Crippen molar-refractivity contribution < 1.29 is 4.74 Å². The predicted molar refractivity (Wildman–Crippen MR) is 85.5 cm³/mol. The van der Waals surface area contributed by atoms with Gasteiger partial charge in [0.25, 0.3) is 0 Å². The van der Waals surface area contributed by atoms with E-state index in [1.165, 1.54) is 6.33 Å². The van der Waals surface area contributed by atoms with Crippen LogP contribution in [0.25, 0.3) is 0 Å². The topological polar surface area (TPSA) is 47.0 Å². The number of anilines is 2. The number of nitrogens with zero attached hydrogens (tertiary/aromatic N) is 2. The summed E-state index contributed by atoms with van der Waals surface area (Å²) in [5.41, 5.74) is 3.13. The minimum Gasteiger partial charge on any atom is -0.496 e. The zero-order valence-electron chi connectivity index (χ0n) is 10.8. The van der Waals surface area contributed by atoms with Crippen LogP contribution in [0, 0.1) is 17.4 Å². The number of halogens is 2. The van der Waals surface area contributed by atoms with Gasteiger partial charge in [0.2, 0.25) is 0 Å². The average molecular weight is 390 g/mol. The summed E-state index contributed by atoms with van der Waals surface area (Å²) < 4.78 is 6.13. The monoisotopic (exact) mass is 389 g/mol. The molecule has 100 valence electrons. The Morgan fingerprint density at radius 1 is 1.26 bits per heavy atom. The third-order valence-electron chi connectivity index (χ3n) is 2.83. The van der Waals surface area contributed by atoms with Gasteiger partial charge in [-0.05, 0) is 48.1 Å². The maximum atomic E-state index is 5.99. The molecule has 4 nitrogen and oxygen atoms in total. The molecule has 0 fully saturated rings. The van der Waals surface area contributed by atoms with Crippen LogP contribution in [0.15, 0.2) is 18.5 Å². The average Bonchev–Trinajstić information content (AvgIpc) is 2.39. The van der Waals surface area contributed by atoms with Gasteiger partial charge in [-0.3, -0.25) is 0 Å². The second-order valence-electron chi connectivity index (χ2n) is 4.04. The molecule has 19 heavy (non-hydrogen) atoms. The molecule has 0 amide bonds. The molecule has 0 atom stereocenters. The SMILES string of the molecule is COc1ccc(C)c(Nc2ncnc(Cl)c2I)c1C.